The van der Waals surface area contributed by atoms with Crippen molar-refractivity contribution in [2.24, 2.45) is 0 Å². The molecule has 2 nitrogen and oxygen atoms in total. The molecule has 20 heavy (non-hydrogen) atoms. The Morgan fingerprint density at radius 2 is 1.80 bits per heavy atom. The van der Waals surface area contributed by atoms with Crippen LogP contribution in [0.25, 0.3) is 0 Å². The molecule has 0 aliphatic rings. The Kier molecular flexibility index (Phi) is 5.58. The highest BCUT2D eigenvalue weighted by Crippen LogP contribution is 2.40. The number of rotatable bonds is 6. The van der Waals surface area contributed by atoms with Crippen LogP contribution in [-0.2, 0) is 0 Å². The van der Waals surface area contributed by atoms with Crippen LogP contribution in [0.2, 0.25) is 5.02 Å². The van der Waals surface area contributed by atoms with Crippen LogP contribution in [0.3, 0.4) is 0 Å². The van der Waals surface area contributed by atoms with Gasteiger partial charge in [-0.2, -0.15) is 0 Å². The van der Waals surface area contributed by atoms with Crippen LogP contribution in [0.15, 0.2) is 29.6 Å². The third kappa shape index (κ3) is 3.40. The molecule has 5 heteroatoms. The lowest BCUT2D eigenvalue weighted by Gasteiger charge is -2.14. The van der Waals surface area contributed by atoms with Crippen molar-refractivity contribution >= 4 is 34.5 Å². The van der Waals surface area contributed by atoms with Crippen LogP contribution in [0.1, 0.15) is 29.7 Å². The minimum atomic E-state index is -0.280. The zero-order valence-corrected chi connectivity index (χ0v) is 13.7. The van der Waals surface area contributed by atoms with Crippen molar-refractivity contribution in [3.8, 4) is 11.5 Å². The average molecular weight is 331 g/mol. The number of alkyl halides is 1. The first-order valence-corrected chi connectivity index (χ1v) is 8.13. The fourth-order valence-electron chi connectivity index (χ4n) is 1.86. The monoisotopic (exact) mass is 330 g/mol. The maximum Gasteiger partial charge on any atom is 0.161 e. The van der Waals surface area contributed by atoms with Gasteiger partial charge >= 0.3 is 0 Å². The summed E-state index contributed by atoms with van der Waals surface area (Å²) in [6.07, 6.45) is 0. The van der Waals surface area contributed by atoms with E-state index in [1.165, 1.54) is 0 Å². The van der Waals surface area contributed by atoms with Crippen LogP contribution in [0.5, 0.6) is 11.5 Å². The van der Waals surface area contributed by atoms with Gasteiger partial charge in [0.2, 0.25) is 0 Å². The molecule has 0 radical (unpaired) electrons. The van der Waals surface area contributed by atoms with Crippen LogP contribution in [0, 0.1) is 0 Å². The molecule has 0 saturated carbocycles. The number of benzene rings is 1. The predicted molar refractivity (Wildman–Crippen MR) is 85.8 cm³/mol. The molecule has 2 rings (SSSR count). The van der Waals surface area contributed by atoms with E-state index in [1.807, 2.05) is 43.5 Å². The van der Waals surface area contributed by atoms with Gasteiger partial charge in [-0.05, 0) is 43.0 Å². The topological polar surface area (TPSA) is 18.5 Å². The Morgan fingerprint density at radius 3 is 2.40 bits per heavy atom. The van der Waals surface area contributed by atoms with E-state index in [1.54, 1.807) is 11.3 Å². The maximum atomic E-state index is 6.51. The molecular weight excluding hydrogens is 315 g/mol. The Bertz CT molecular complexity index is 569. The van der Waals surface area contributed by atoms with Gasteiger partial charge in [0.15, 0.2) is 11.5 Å². The van der Waals surface area contributed by atoms with E-state index >= 15 is 0 Å². The second-order valence-electron chi connectivity index (χ2n) is 4.07. The number of ether oxygens (including phenoxy) is 2. The summed E-state index contributed by atoms with van der Waals surface area (Å²) < 4.78 is 11.2. The molecule has 0 amide bonds. The van der Waals surface area contributed by atoms with Gasteiger partial charge in [0.25, 0.3) is 0 Å². The molecule has 1 atom stereocenters. The molecule has 2 aromatic rings. The van der Waals surface area contributed by atoms with Crippen molar-refractivity contribution in [1.82, 2.24) is 0 Å². The number of hydrogen-bond acceptors (Lipinski definition) is 3. The molecule has 0 saturated heterocycles. The lowest BCUT2D eigenvalue weighted by molar-refractivity contribution is 0.287. The highest BCUT2D eigenvalue weighted by atomic mass is 35.5. The summed E-state index contributed by atoms with van der Waals surface area (Å²) in [6, 6.07) is 7.61. The summed E-state index contributed by atoms with van der Waals surface area (Å²) in [7, 11) is 0. The minimum Gasteiger partial charge on any atom is -0.490 e. The zero-order chi connectivity index (χ0) is 14.5. The first kappa shape index (κ1) is 15.5. The molecular formula is C15H16Cl2O2S. The fraction of sp³-hybridized carbons (Fsp3) is 0.333. The fourth-order valence-corrected chi connectivity index (χ4v) is 3.49. The summed E-state index contributed by atoms with van der Waals surface area (Å²) in [5.41, 5.74) is 0.947. The van der Waals surface area contributed by atoms with Crippen LogP contribution in [0.4, 0.5) is 0 Å². The predicted octanol–water partition coefficient (Wildman–Crippen LogP) is 5.53. The zero-order valence-electron chi connectivity index (χ0n) is 11.4. The van der Waals surface area contributed by atoms with Gasteiger partial charge in [-0.3, -0.25) is 0 Å². The standard InChI is InChI=1S/C15H16Cl2O2S/c1-3-18-12-6-5-10(9-13(12)19-4-2)14(17)15-11(16)7-8-20-15/h5-9,14H,3-4H2,1-2H3. The normalized spacial score (nSPS) is 12.2. The highest BCUT2D eigenvalue weighted by Gasteiger charge is 2.18. The van der Waals surface area contributed by atoms with E-state index < -0.39 is 0 Å². The molecule has 0 aliphatic carbocycles. The molecule has 1 unspecified atom stereocenters. The van der Waals surface area contributed by atoms with E-state index in [0.717, 1.165) is 16.2 Å². The summed E-state index contributed by atoms with van der Waals surface area (Å²) in [6.45, 7) is 5.06. The number of thiophene rings is 1. The molecule has 0 fully saturated rings. The van der Waals surface area contributed by atoms with E-state index in [9.17, 15) is 0 Å². The minimum absolute atomic E-state index is 0.280. The number of halogens is 2. The first-order valence-electron chi connectivity index (χ1n) is 6.43. The highest BCUT2D eigenvalue weighted by molar-refractivity contribution is 7.11. The van der Waals surface area contributed by atoms with Crippen molar-refractivity contribution in [1.29, 1.82) is 0 Å². The van der Waals surface area contributed by atoms with Gasteiger partial charge in [0.05, 0.1) is 23.6 Å². The van der Waals surface area contributed by atoms with Gasteiger partial charge in [0.1, 0.15) is 0 Å². The second-order valence-corrected chi connectivity index (χ2v) is 5.86. The van der Waals surface area contributed by atoms with Crippen LogP contribution < -0.4 is 9.47 Å². The Balaban J connectivity index is 2.32. The first-order chi connectivity index (χ1) is 9.67. The van der Waals surface area contributed by atoms with Crippen molar-refractivity contribution < 1.29 is 9.47 Å². The summed E-state index contributed by atoms with van der Waals surface area (Å²) in [5, 5.41) is 2.35. The van der Waals surface area contributed by atoms with Gasteiger partial charge in [-0.25, -0.2) is 0 Å². The third-order valence-electron chi connectivity index (χ3n) is 2.74. The Morgan fingerprint density at radius 1 is 1.10 bits per heavy atom. The SMILES string of the molecule is CCOc1ccc(C(Cl)c2sccc2Cl)cc1OCC. The molecule has 0 spiro atoms. The summed E-state index contributed by atoms with van der Waals surface area (Å²) >= 11 is 14.2. The van der Waals surface area contributed by atoms with E-state index in [0.29, 0.717) is 24.0 Å². The van der Waals surface area contributed by atoms with E-state index in [2.05, 4.69) is 0 Å². The van der Waals surface area contributed by atoms with E-state index in [-0.39, 0.29) is 5.38 Å². The second kappa shape index (κ2) is 7.21. The largest absolute Gasteiger partial charge is 0.490 e. The van der Waals surface area contributed by atoms with Crippen molar-refractivity contribution in [3.05, 3.63) is 45.1 Å². The van der Waals surface area contributed by atoms with Gasteiger partial charge in [-0.15, -0.1) is 22.9 Å². The maximum absolute atomic E-state index is 6.51. The van der Waals surface area contributed by atoms with Crippen LogP contribution >= 0.6 is 34.5 Å². The Labute approximate surface area is 133 Å². The molecule has 1 aromatic carbocycles. The van der Waals surface area contributed by atoms with Crippen molar-refractivity contribution in [3.63, 3.8) is 0 Å². The Hall–Kier alpha value is -0.900. The summed E-state index contributed by atoms with van der Waals surface area (Å²) in [5.74, 6) is 1.45. The molecule has 1 heterocycles. The summed E-state index contributed by atoms with van der Waals surface area (Å²) in [4.78, 5) is 0.944. The van der Waals surface area contributed by atoms with Gasteiger partial charge in [-0.1, -0.05) is 17.7 Å². The van der Waals surface area contributed by atoms with Crippen LogP contribution in [-0.4, -0.2) is 13.2 Å². The van der Waals surface area contributed by atoms with Crippen molar-refractivity contribution in [2.45, 2.75) is 19.2 Å². The smallest absolute Gasteiger partial charge is 0.161 e. The number of hydrogen-bond donors (Lipinski definition) is 0. The lowest BCUT2D eigenvalue weighted by atomic mass is 10.1. The molecule has 0 aliphatic heterocycles. The molecule has 0 bridgehead atoms. The average Bonchev–Trinajstić information content (AvgIpc) is 2.86. The van der Waals surface area contributed by atoms with Gasteiger partial charge < -0.3 is 9.47 Å². The van der Waals surface area contributed by atoms with E-state index in [4.69, 9.17) is 32.7 Å². The third-order valence-corrected chi connectivity index (χ3v) is 4.76. The van der Waals surface area contributed by atoms with Gasteiger partial charge in [0, 0.05) is 4.88 Å². The molecule has 108 valence electrons. The quantitative estimate of drug-likeness (QED) is 0.648. The lowest BCUT2D eigenvalue weighted by Crippen LogP contribution is -2.00. The molecule has 1 aromatic heterocycles. The molecule has 0 N–H and O–H groups in total. The van der Waals surface area contributed by atoms with Crippen molar-refractivity contribution in [2.75, 3.05) is 13.2 Å².